The van der Waals surface area contributed by atoms with Crippen molar-refractivity contribution in [2.45, 2.75) is 25.5 Å². The number of nitrogens with one attached hydrogen (secondary N) is 1. The molecule has 132 valence electrons. The van der Waals surface area contributed by atoms with Crippen molar-refractivity contribution in [2.75, 3.05) is 18.4 Å². The fraction of sp³-hybridized carbons (Fsp3) is 0.316. The van der Waals surface area contributed by atoms with Gasteiger partial charge in [0, 0.05) is 31.4 Å². The molecular weight excluding hydrogens is 323 g/mol. The average molecular weight is 344 g/mol. The predicted molar refractivity (Wildman–Crippen MR) is 93.0 cm³/mol. The first kappa shape index (κ1) is 17.4. The summed E-state index contributed by atoms with van der Waals surface area (Å²) >= 11 is 0. The van der Waals surface area contributed by atoms with E-state index in [0.29, 0.717) is 12.2 Å². The van der Waals surface area contributed by atoms with E-state index in [2.05, 4.69) is 10.2 Å². The fourth-order valence-electron chi connectivity index (χ4n) is 2.98. The third-order valence-electron chi connectivity index (χ3n) is 4.42. The van der Waals surface area contributed by atoms with E-state index in [4.69, 9.17) is 0 Å². The smallest absolute Gasteiger partial charge is 0.259 e. The number of carbonyl (C=O) groups excluding carboxylic acids is 1. The quantitative estimate of drug-likeness (QED) is 0.797. The molecule has 0 aliphatic carbocycles. The van der Waals surface area contributed by atoms with Crippen LogP contribution in [0.5, 0.6) is 5.75 Å². The second kappa shape index (κ2) is 7.63. The SMILES string of the molecule is O=C(Nc1ccccc1CN1CCC(O)CC1)c1ccc(F)cc1O. The lowest BCUT2D eigenvalue weighted by molar-refractivity contribution is 0.0793. The Kier molecular flexibility index (Phi) is 5.31. The van der Waals surface area contributed by atoms with Gasteiger partial charge in [-0.1, -0.05) is 18.2 Å². The van der Waals surface area contributed by atoms with Crippen molar-refractivity contribution in [2.24, 2.45) is 0 Å². The average Bonchev–Trinajstić information content (AvgIpc) is 2.58. The summed E-state index contributed by atoms with van der Waals surface area (Å²) in [6.45, 7) is 2.28. The zero-order chi connectivity index (χ0) is 17.8. The van der Waals surface area contributed by atoms with E-state index in [-0.39, 0.29) is 17.4 Å². The first-order chi connectivity index (χ1) is 12.0. The topological polar surface area (TPSA) is 72.8 Å². The Bertz CT molecular complexity index is 758. The molecule has 2 aromatic carbocycles. The summed E-state index contributed by atoms with van der Waals surface area (Å²) in [5.74, 6) is -1.47. The number of nitrogens with zero attached hydrogens (tertiary/aromatic N) is 1. The fourth-order valence-corrected chi connectivity index (χ4v) is 2.98. The zero-order valence-electron chi connectivity index (χ0n) is 13.8. The van der Waals surface area contributed by atoms with Gasteiger partial charge in [-0.25, -0.2) is 4.39 Å². The summed E-state index contributed by atoms with van der Waals surface area (Å²) in [6, 6.07) is 10.8. The second-order valence-corrected chi connectivity index (χ2v) is 6.28. The molecule has 3 N–H and O–H groups in total. The number of amides is 1. The first-order valence-corrected chi connectivity index (χ1v) is 8.31. The van der Waals surface area contributed by atoms with Gasteiger partial charge in [0.25, 0.3) is 5.91 Å². The molecule has 25 heavy (non-hydrogen) atoms. The zero-order valence-corrected chi connectivity index (χ0v) is 13.8. The molecule has 5 nitrogen and oxygen atoms in total. The van der Waals surface area contributed by atoms with Gasteiger partial charge >= 0.3 is 0 Å². The number of aromatic hydroxyl groups is 1. The maximum absolute atomic E-state index is 13.1. The highest BCUT2D eigenvalue weighted by atomic mass is 19.1. The molecular formula is C19H21FN2O3. The van der Waals surface area contributed by atoms with Crippen LogP contribution in [0.4, 0.5) is 10.1 Å². The lowest BCUT2D eigenvalue weighted by Crippen LogP contribution is -2.35. The highest BCUT2D eigenvalue weighted by Crippen LogP contribution is 2.23. The molecule has 0 bridgehead atoms. The van der Waals surface area contributed by atoms with Gasteiger partial charge in [-0.05, 0) is 36.6 Å². The number of para-hydroxylation sites is 1. The van der Waals surface area contributed by atoms with Crippen molar-refractivity contribution in [1.29, 1.82) is 0 Å². The number of phenolic OH excluding ortho intramolecular Hbond substituents is 1. The van der Waals surface area contributed by atoms with Crippen LogP contribution in [0.25, 0.3) is 0 Å². The van der Waals surface area contributed by atoms with Crippen LogP contribution in [0.15, 0.2) is 42.5 Å². The Hall–Kier alpha value is -2.44. The van der Waals surface area contributed by atoms with E-state index >= 15 is 0 Å². The molecule has 1 amide bonds. The summed E-state index contributed by atoms with van der Waals surface area (Å²) < 4.78 is 13.1. The van der Waals surface area contributed by atoms with Gasteiger partial charge in [-0.3, -0.25) is 9.69 Å². The van der Waals surface area contributed by atoms with E-state index in [1.165, 1.54) is 6.07 Å². The Labute approximate surface area is 145 Å². The molecule has 6 heteroatoms. The van der Waals surface area contributed by atoms with Crippen LogP contribution >= 0.6 is 0 Å². The molecule has 1 fully saturated rings. The minimum absolute atomic E-state index is 0.0253. The number of phenols is 1. The van der Waals surface area contributed by atoms with Gasteiger partial charge in [0.05, 0.1) is 11.7 Å². The number of anilines is 1. The van der Waals surface area contributed by atoms with Crippen molar-refractivity contribution >= 4 is 11.6 Å². The third kappa shape index (κ3) is 4.35. The normalized spacial score (nSPS) is 15.9. The molecule has 1 heterocycles. The number of hydrogen-bond acceptors (Lipinski definition) is 4. The van der Waals surface area contributed by atoms with E-state index in [1.807, 2.05) is 18.2 Å². The maximum Gasteiger partial charge on any atom is 0.259 e. The van der Waals surface area contributed by atoms with Crippen molar-refractivity contribution < 1.29 is 19.4 Å². The molecule has 0 unspecified atom stereocenters. The van der Waals surface area contributed by atoms with E-state index in [0.717, 1.165) is 43.6 Å². The van der Waals surface area contributed by atoms with Crippen LogP contribution in [0.3, 0.4) is 0 Å². The van der Waals surface area contributed by atoms with E-state index in [1.54, 1.807) is 6.07 Å². The Morgan fingerprint density at radius 3 is 2.64 bits per heavy atom. The number of aliphatic hydroxyl groups excluding tert-OH is 1. The van der Waals surface area contributed by atoms with Crippen molar-refractivity contribution in [1.82, 2.24) is 4.90 Å². The summed E-state index contributed by atoms with van der Waals surface area (Å²) in [7, 11) is 0. The first-order valence-electron chi connectivity index (χ1n) is 8.31. The predicted octanol–water partition coefficient (Wildman–Crippen LogP) is 2.74. The second-order valence-electron chi connectivity index (χ2n) is 6.28. The minimum Gasteiger partial charge on any atom is -0.507 e. The van der Waals surface area contributed by atoms with Crippen molar-refractivity contribution in [3.63, 3.8) is 0 Å². The van der Waals surface area contributed by atoms with Crippen LogP contribution in [-0.2, 0) is 6.54 Å². The van der Waals surface area contributed by atoms with Crippen LogP contribution in [0, 0.1) is 5.82 Å². The number of hydrogen-bond donors (Lipinski definition) is 3. The molecule has 1 saturated heterocycles. The van der Waals surface area contributed by atoms with Gasteiger partial charge in [-0.2, -0.15) is 0 Å². The third-order valence-corrected chi connectivity index (χ3v) is 4.42. The standard InChI is InChI=1S/C19H21FN2O3/c20-14-5-6-16(18(24)11-14)19(25)21-17-4-2-1-3-13(17)12-22-9-7-15(23)8-10-22/h1-6,11,15,23-24H,7-10,12H2,(H,21,25). The number of likely N-dealkylation sites (tertiary alicyclic amines) is 1. The lowest BCUT2D eigenvalue weighted by atomic mass is 10.1. The largest absolute Gasteiger partial charge is 0.507 e. The molecule has 0 saturated carbocycles. The van der Waals surface area contributed by atoms with Gasteiger partial charge < -0.3 is 15.5 Å². The molecule has 0 aromatic heterocycles. The van der Waals surface area contributed by atoms with Gasteiger partial charge in [0.15, 0.2) is 0 Å². The Morgan fingerprint density at radius 2 is 1.92 bits per heavy atom. The molecule has 1 aliphatic rings. The van der Waals surface area contributed by atoms with Crippen LogP contribution in [0.2, 0.25) is 0 Å². The van der Waals surface area contributed by atoms with Gasteiger partial charge in [-0.15, -0.1) is 0 Å². The molecule has 3 rings (SSSR count). The van der Waals surface area contributed by atoms with E-state index in [9.17, 15) is 19.4 Å². The summed E-state index contributed by atoms with van der Waals surface area (Å²) in [4.78, 5) is 14.6. The number of piperidine rings is 1. The number of benzene rings is 2. The maximum atomic E-state index is 13.1. The summed E-state index contributed by atoms with van der Waals surface area (Å²) in [6.07, 6.45) is 1.27. The van der Waals surface area contributed by atoms with Crippen molar-refractivity contribution in [3.05, 3.63) is 59.4 Å². The number of carbonyl (C=O) groups is 1. The number of halogens is 1. The summed E-state index contributed by atoms with van der Waals surface area (Å²) in [5, 5.41) is 22.2. The molecule has 0 radical (unpaired) electrons. The lowest BCUT2D eigenvalue weighted by Gasteiger charge is -2.30. The minimum atomic E-state index is -0.596. The number of aliphatic hydroxyl groups is 1. The highest BCUT2D eigenvalue weighted by molar-refractivity contribution is 6.06. The van der Waals surface area contributed by atoms with Crippen LogP contribution < -0.4 is 5.32 Å². The monoisotopic (exact) mass is 344 g/mol. The molecule has 2 aromatic rings. The van der Waals surface area contributed by atoms with Crippen LogP contribution in [0.1, 0.15) is 28.8 Å². The summed E-state index contributed by atoms with van der Waals surface area (Å²) in [5.41, 5.74) is 1.63. The molecule has 1 aliphatic heterocycles. The van der Waals surface area contributed by atoms with Crippen molar-refractivity contribution in [3.8, 4) is 5.75 Å². The van der Waals surface area contributed by atoms with Gasteiger partial charge in [0.1, 0.15) is 11.6 Å². The Morgan fingerprint density at radius 1 is 1.20 bits per heavy atom. The van der Waals surface area contributed by atoms with Crippen LogP contribution in [-0.4, -0.2) is 40.2 Å². The van der Waals surface area contributed by atoms with E-state index < -0.39 is 11.7 Å². The molecule has 0 spiro atoms. The highest BCUT2D eigenvalue weighted by Gasteiger charge is 2.19. The molecule has 0 atom stereocenters. The Balaban J connectivity index is 1.73. The van der Waals surface area contributed by atoms with Gasteiger partial charge in [0.2, 0.25) is 0 Å². The number of rotatable bonds is 4.